The first-order valence-electron chi connectivity index (χ1n) is 5.46. The summed E-state index contributed by atoms with van der Waals surface area (Å²) in [6, 6.07) is 7.82. The van der Waals surface area contributed by atoms with E-state index in [1.807, 2.05) is 18.2 Å². The van der Waals surface area contributed by atoms with Crippen LogP contribution in [0.2, 0.25) is 0 Å². The first-order chi connectivity index (χ1) is 7.76. The van der Waals surface area contributed by atoms with E-state index in [-0.39, 0.29) is 12.6 Å². The summed E-state index contributed by atoms with van der Waals surface area (Å²) in [5, 5.41) is 11.9. The molecule has 1 aromatic rings. The first kappa shape index (κ1) is 13.0. The van der Waals surface area contributed by atoms with E-state index in [2.05, 4.69) is 11.4 Å². The third-order valence-electron chi connectivity index (χ3n) is 2.37. The molecule has 0 aliphatic rings. The van der Waals surface area contributed by atoms with Crippen LogP contribution in [-0.2, 0) is 6.42 Å². The molecule has 0 saturated heterocycles. The van der Waals surface area contributed by atoms with E-state index in [9.17, 15) is 0 Å². The Morgan fingerprint density at radius 1 is 1.50 bits per heavy atom. The summed E-state index contributed by atoms with van der Waals surface area (Å²) in [5.41, 5.74) is 6.79. The third kappa shape index (κ3) is 4.61. The molecule has 4 nitrogen and oxygen atoms in total. The van der Waals surface area contributed by atoms with E-state index >= 15 is 0 Å². The highest BCUT2D eigenvalue weighted by Crippen LogP contribution is 2.12. The zero-order valence-electron chi connectivity index (χ0n) is 9.65. The number of aliphatic hydroxyl groups is 1. The molecule has 0 aromatic heterocycles. The molecule has 1 atom stereocenters. The fourth-order valence-corrected chi connectivity index (χ4v) is 1.41. The van der Waals surface area contributed by atoms with Crippen LogP contribution in [0.25, 0.3) is 0 Å². The van der Waals surface area contributed by atoms with Crippen LogP contribution in [0.5, 0.6) is 5.75 Å². The van der Waals surface area contributed by atoms with Gasteiger partial charge in [0.1, 0.15) is 5.75 Å². The van der Waals surface area contributed by atoms with Crippen LogP contribution >= 0.6 is 0 Å². The molecule has 0 heterocycles. The molecule has 0 radical (unpaired) electrons. The zero-order chi connectivity index (χ0) is 11.8. The predicted molar refractivity (Wildman–Crippen MR) is 64.6 cm³/mol. The summed E-state index contributed by atoms with van der Waals surface area (Å²) >= 11 is 0. The highest BCUT2D eigenvalue weighted by molar-refractivity contribution is 5.28. The number of hydrogen-bond acceptors (Lipinski definition) is 4. The smallest absolute Gasteiger partial charge is 0.119 e. The molecule has 0 saturated carbocycles. The van der Waals surface area contributed by atoms with Crippen molar-refractivity contribution in [3.8, 4) is 5.75 Å². The van der Waals surface area contributed by atoms with Gasteiger partial charge in [-0.2, -0.15) is 0 Å². The Bertz CT molecular complexity index is 305. The van der Waals surface area contributed by atoms with Crippen molar-refractivity contribution in [2.45, 2.75) is 12.5 Å². The van der Waals surface area contributed by atoms with Crippen LogP contribution in [0, 0.1) is 0 Å². The van der Waals surface area contributed by atoms with Crippen molar-refractivity contribution in [3.05, 3.63) is 29.8 Å². The van der Waals surface area contributed by atoms with Crippen LogP contribution in [0.4, 0.5) is 0 Å². The number of nitrogens with two attached hydrogens (primary N) is 1. The van der Waals surface area contributed by atoms with Gasteiger partial charge >= 0.3 is 0 Å². The monoisotopic (exact) mass is 224 g/mol. The van der Waals surface area contributed by atoms with E-state index in [1.54, 1.807) is 7.11 Å². The highest BCUT2D eigenvalue weighted by Gasteiger charge is 1.99. The molecule has 0 bridgehead atoms. The minimum Gasteiger partial charge on any atom is -0.497 e. The maximum Gasteiger partial charge on any atom is 0.119 e. The largest absolute Gasteiger partial charge is 0.497 e. The molecule has 1 aromatic carbocycles. The minimum atomic E-state index is -0.176. The number of ether oxygens (including phenoxy) is 1. The van der Waals surface area contributed by atoms with E-state index in [4.69, 9.17) is 15.6 Å². The average molecular weight is 224 g/mol. The van der Waals surface area contributed by atoms with Crippen molar-refractivity contribution in [1.82, 2.24) is 5.32 Å². The highest BCUT2D eigenvalue weighted by atomic mass is 16.5. The molecule has 0 fully saturated rings. The number of nitrogens with one attached hydrogen (secondary N) is 1. The van der Waals surface area contributed by atoms with Gasteiger partial charge in [0.05, 0.1) is 13.7 Å². The van der Waals surface area contributed by atoms with Crippen LogP contribution in [0.15, 0.2) is 24.3 Å². The lowest BCUT2D eigenvalue weighted by molar-refractivity contribution is 0.262. The Hall–Kier alpha value is -1.10. The molecular weight excluding hydrogens is 204 g/mol. The van der Waals surface area contributed by atoms with Crippen LogP contribution in [-0.4, -0.2) is 38.0 Å². The zero-order valence-corrected chi connectivity index (χ0v) is 9.65. The number of hydrogen-bond donors (Lipinski definition) is 3. The maximum atomic E-state index is 8.74. The van der Waals surface area contributed by atoms with Crippen molar-refractivity contribution < 1.29 is 9.84 Å². The van der Waals surface area contributed by atoms with Crippen LogP contribution < -0.4 is 15.8 Å². The van der Waals surface area contributed by atoms with E-state index in [0.717, 1.165) is 18.7 Å². The van der Waals surface area contributed by atoms with E-state index in [0.29, 0.717) is 6.54 Å². The molecule has 0 spiro atoms. The van der Waals surface area contributed by atoms with Gasteiger partial charge in [0.25, 0.3) is 0 Å². The molecule has 90 valence electrons. The number of methoxy groups -OCH3 is 1. The molecular formula is C12H20N2O2. The first-order valence-corrected chi connectivity index (χ1v) is 5.46. The summed E-state index contributed by atoms with van der Waals surface area (Å²) in [5.74, 6) is 0.879. The van der Waals surface area contributed by atoms with E-state index < -0.39 is 0 Å². The Morgan fingerprint density at radius 3 is 3.00 bits per heavy atom. The van der Waals surface area contributed by atoms with Gasteiger partial charge in [-0.05, 0) is 30.7 Å². The van der Waals surface area contributed by atoms with Gasteiger partial charge in [0.15, 0.2) is 0 Å². The number of aliphatic hydroxyl groups excluding tert-OH is 1. The predicted octanol–water partition coefficient (Wildman–Crippen LogP) is 0.147. The second kappa shape index (κ2) is 7.22. The van der Waals surface area contributed by atoms with Crippen molar-refractivity contribution in [2.75, 3.05) is 26.8 Å². The quantitative estimate of drug-likeness (QED) is 0.577. The van der Waals surface area contributed by atoms with Gasteiger partial charge < -0.3 is 20.9 Å². The van der Waals surface area contributed by atoms with E-state index in [1.165, 1.54) is 5.56 Å². The number of benzene rings is 1. The maximum absolute atomic E-state index is 8.74. The topological polar surface area (TPSA) is 67.5 Å². The minimum absolute atomic E-state index is 0.0200. The molecule has 1 unspecified atom stereocenters. The van der Waals surface area contributed by atoms with Crippen LogP contribution in [0.3, 0.4) is 0 Å². The second-order valence-corrected chi connectivity index (χ2v) is 3.75. The van der Waals surface area contributed by atoms with Gasteiger partial charge in [0.2, 0.25) is 0 Å². The fraction of sp³-hybridized carbons (Fsp3) is 0.500. The Kier molecular flexibility index (Phi) is 5.85. The van der Waals surface area contributed by atoms with Crippen molar-refractivity contribution in [3.63, 3.8) is 0 Å². The van der Waals surface area contributed by atoms with Gasteiger partial charge in [-0.1, -0.05) is 12.1 Å². The third-order valence-corrected chi connectivity index (χ3v) is 2.37. The summed E-state index contributed by atoms with van der Waals surface area (Å²) in [7, 11) is 1.66. The molecule has 1 rings (SSSR count). The molecule has 0 aliphatic carbocycles. The summed E-state index contributed by atoms with van der Waals surface area (Å²) in [6.45, 7) is 1.51. The molecule has 16 heavy (non-hydrogen) atoms. The van der Waals surface area contributed by atoms with Gasteiger partial charge in [-0.25, -0.2) is 0 Å². The van der Waals surface area contributed by atoms with Crippen molar-refractivity contribution >= 4 is 0 Å². The van der Waals surface area contributed by atoms with Crippen LogP contribution in [0.1, 0.15) is 5.56 Å². The second-order valence-electron chi connectivity index (χ2n) is 3.75. The lowest BCUT2D eigenvalue weighted by atomic mass is 10.1. The van der Waals surface area contributed by atoms with Crippen molar-refractivity contribution in [1.29, 1.82) is 0 Å². The van der Waals surface area contributed by atoms with Gasteiger partial charge in [0, 0.05) is 12.6 Å². The molecule has 0 amide bonds. The standard InChI is InChI=1S/C12H20N2O2/c1-16-12-4-2-3-10(7-12)5-6-14-8-11(13)9-15/h2-4,7,11,14-15H,5-6,8-9,13H2,1H3. The lowest BCUT2D eigenvalue weighted by Gasteiger charge is -2.09. The molecule has 4 heteroatoms. The fourth-order valence-electron chi connectivity index (χ4n) is 1.41. The lowest BCUT2D eigenvalue weighted by Crippen LogP contribution is -2.37. The Balaban J connectivity index is 2.26. The summed E-state index contributed by atoms with van der Waals surface area (Å²) < 4.78 is 5.14. The molecule has 0 aliphatic heterocycles. The molecule has 4 N–H and O–H groups in total. The Morgan fingerprint density at radius 2 is 2.31 bits per heavy atom. The summed E-state index contributed by atoms with van der Waals surface area (Å²) in [4.78, 5) is 0. The van der Waals surface area contributed by atoms with Crippen molar-refractivity contribution in [2.24, 2.45) is 5.73 Å². The summed E-state index contributed by atoms with van der Waals surface area (Å²) in [6.07, 6.45) is 0.926. The normalized spacial score (nSPS) is 12.4. The van der Waals surface area contributed by atoms with Gasteiger partial charge in [-0.15, -0.1) is 0 Å². The number of rotatable bonds is 7. The average Bonchev–Trinajstić information content (AvgIpc) is 2.34. The Labute approximate surface area is 96.4 Å². The SMILES string of the molecule is COc1cccc(CCNCC(N)CO)c1. The van der Waals surface area contributed by atoms with Gasteiger partial charge in [-0.3, -0.25) is 0 Å².